The van der Waals surface area contributed by atoms with Crippen molar-refractivity contribution in [3.8, 4) is 0 Å². The number of aryl methyl sites for hydroxylation is 2. The summed E-state index contributed by atoms with van der Waals surface area (Å²) in [5, 5.41) is 7.35. The predicted octanol–water partition coefficient (Wildman–Crippen LogP) is 2.46. The first kappa shape index (κ1) is 17.8. The van der Waals surface area contributed by atoms with Crippen molar-refractivity contribution in [3.63, 3.8) is 0 Å². The molecule has 1 amide bonds. The van der Waals surface area contributed by atoms with Crippen molar-refractivity contribution in [2.24, 2.45) is 7.05 Å². The van der Waals surface area contributed by atoms with Crippen LogP contribution in [-0.2, 0) is 23.8 Å². The summed E-state index contributed by atoms with van der Waals surface area (Å²) in [5.74, 6) is -0.147. The number of nitrogens with one attached hydrogen (secondary N) is 1. The molecule has 2 heterocycles. The van der Waals surface area contributed by atoms with Crippen LogP contribution in [0.1, 0.15) is 32.8 Å². The molecule has 1 N–H and O–H groups in total. The molecular weight excluding hydrogens is 330 g/mol. The second-order valence-corrected chi connectivity index (χ2v) is 7.37. The average Bonchev–Trinajstić information content (AvgIpc) is 2.96. The Kier molecular flexibility index (Phi) is 4.63. The van der Waals surface area contributed by atoms with Gasteiger partial charge in [-0.15, -0.1) is 0 Å². The molecule has 0 atom stereocenters. The van der Waals surface area contributed by atoms with E-state index in [1.165, 1.54) is 22.7 Å². The molecule has 136 valence electrons. The molecular formula is C19H23N5O2. The normalized spacial score (nSPS) is 11.7. The highest BCUT2D eigenvalue weighted by Crippen LogP contribution is 2.23. The van der Waals surface area contributed by atoms with Gasteiger partial charge in [-0.05, 0) is 23.1 Å². The Morgan fingerprint density at radius 2 is 1.88 bits per heavy atom. The van der Waals surface area contributed by atoms with Gasteiger partial charge in [-0.3, -0.25) is 18.8 Å². The summed E-state index contributed by atoms with van der Waals surface area (Å²) in [5.41, 5.74) is 2.37. The Morgan fingerprint density at radius 3 is 2.54 bits per heavy atom. The highest BCUT2D eigenvalue weighted by Gasteiger charge is 2.13. The molecule has 3 rings (SSSR count). The lowest BCUT2D eigenvalue weighted by Crippen LogP contribution is -2.23. The molecule has 0 spiro atoms. The molecule has 2 aromatic heterocycles. The number of carbonyl (C=O) groups is 1. The van der Waals surface area contributed by atoms with Gasteiger partial charge in [0.2, 0.25) is 5.91 Å². The minimum absolute atomic E-state index is 0.0711. The zero-order valence-corrected chi connectivity index (χ0v) is 15.5. The van der Waals surface area contributed by atoms with Crippen molar-refractivity contribution in [1.82, 2.24) is 19.3 Å². The van der Waals surface area contributed by atoms with Crippen molar-refractivity contribution in [1.29, 1.82) is 0 Å². The van der Waals surface area contributed by atoms with E-state index < -0.39 is 0 Å². The molecule has 0 unspecified atom stereocenters. The molecule has 0 saturated heterocycles. The number of rotatable bonds is 4. The van der Waals surface area contributed by atoms with Crippen LogP contribution in [-0.4, -0.2) is 25.2 Å². The lowest BCUT2D eigenvalue weighted by atomic mass is 9.87. The third-order valence-electron chi connectivity index (χ3n) is 4.33. The number of benzene rings is 1. The van der Waals surface area contributed by atoms with Crippen molar-refractivity contribution in [3.05, 3.63) is 52.7 Å². The quantitative estimate of drug-likeness (QED) is 0.781. The molecule has 7 heteroatoms. The van der Waals surface area contributed by atoms with Crippen LogP contribution in [0.4, 0.5) is 5.69 Å². The van der Waals surface area contributed by atoms with Gasteiger partial charge in [0.15, 0.2) is 5.65 Å². The molecule has 26 heavy (non-hydrogen) atoms. The maximum Gasteiger partial charge on any atom is 0.264 e. The number of carbonyl (C=O) groups excluding carboxylic acids is 1. The van der Waals surface area contributed by atoms with Crippen LogP contribution >= 0.6 is 0 Å². The molecule has 0 bridgehead atoms. The number of fused-ring (bicyclic) bond motifs is 1. The topological polar surface area (TPSA) is 81.8 Å². The maximum atomic E-state index is 12.4. The summed E-state index contributed by atoms with van der Waals surface area (Å²) in [6.45, 7) is 6.70. The molecule has 1 aromatic carbocycles. The zero-order valence-electron chi connectivity index (χ0n) is 15.5. The smallest absolute Gasteiger partial charge is 0.264 e. The van der Waals surface area contributed by atoms with E-state index >= 15 is 0 Å². The SMILES string of the molecule is Cn1ncc2c(=O)n(CCC(=O)Nc3ccc(C(C)(C)C)cc3)cnc21. The van der Waals surface area contributed by atoms with E-state index in [-0.39, 0.29) is 29.8 Å². The summed E-state index contributed by atoms with van der Waals surface area (Å²) in [7, 11) is 1.73. The van der Waals surface area contributed by atoms with Gasteiger partial charge in [0.05, 0.1) is 12.5 Å². The molecule has 7 nitrogen and oxygen atoms in total. The van der Waals surface area contributed by atoms with Crippen LogP contribution in [0.3, 0.4) is 0 Å². The van der Waals surface area contributed by atoms with Crippen molar-refractivity contribution in [2.75, 3.05) is 5.32 Å². The van der Waals surface area contributed by atoms with Gasteiger partial charge >= 0.3 is 0 Å². The van der Waals surface area contributed by atoms with Gasteiger partial charge in [0.25, 0.3) is 5.56 Å². The van der Waals surface area contributed by atoms with E-state index in [2.05, 4.69) is 36.2 Å². The largest absolute Gasteiger partial charge is 0.326 e. The van der Waals surface area contributed by atoms with Crippen LogP contribution in [0.2, 0.25) is 0 Å². The first-order valence-corrected chi connectivity index (χ1v) is 8.53. The summed E-state index contributed by atoms with van der Waals surface area (Å²) < 4.78 is 2.99. The zero-order chi connectivity index (χ0) is 18.9. The van der Waals surface area contributed by atoms with Crippen molar-refractivity contribution < 1.29 is 4.79 Å². The van der Waals surface area contributed by atoms with Gasteiger partial charge in [0, 0.05) is 25.7 Å². The fourth-order valence-corrected chi connectivity index (χ4v) is 2.72. The Balaban J connectivity index is 1.64. The summed E-state index contributed by atoms with van der Waals surface area (Å²) >= 11 is 0. The van der Waals surface area contributed by atoms with Crippen LogP contribution in [0, 0.1) is 0 Å². The number of hydrogen-bond acceptors (Lipinski definition) is 4. The fraction of sp³-hybridized carbons (Fsp3) is 0.368. The number of anilines is 1. The van der Waals surface area contributed by atoms with E-state index in [0.717, 1.165) is 5.69 Å². The van der Waals surface area contributed by atoms with Gasteiger partial charge < -0.3 is 5.32 Å². The molecule has 0 fully saturated rings. The summed E-state index contributed by atoms with van der Waals surface area (Å²) in [4.78, 5) is 28.8. The summed E-state index contributed by atoms with van der Waals surface area (Å²) in [6.07, 6.45) is 3.14. The number of hydrogen-bond donors (Lipinski definition) is 1. The first-order chi connectivity index (χ1) is 12.3. The molecule has 0 aliphatic carbocycles. The van der Waals surface area contributed by atoms with Crippen LogP contribution in [0.5, 0.6) is 0 Å². The van der Waals surface area contributed by atoms with E-state index in [1.54, 1.807) is 11.7 Å². The van der Waals surface area contributed by atoms with Gasteiger partial charge in [-0.2, -0.15) is 5.10 Å². The highest BCUT2D eigenvalue weighted by molar-refractivity contribution is 5.90. The highest BCUT2D eigenvalue weighted by atomic mass is 16.2. The summed E-state index contributed by atoms with van der Waals surface area (Å²) in [6, 6.07) is 7.82. The van der Waals surface area contributed by atoms with Crippen LogP contribution < -0.4 is 10.9 Å². The van der Waals surface area contributed by atoms with E-state index in [1.807, 2.05) is 24.3 Å². The second kappa shape index (κ2) is 6.74. The third kappa shape index (κ3) is 3.66. The van der Waals surface area contributed by atoms with Crippen LogP contribution in [0.25, 0.3) is 11.0 Å². The minimum atomic E-state index is -0.189. The van der Waals surface area contributed by atoms with E-state index in [9.17, 15) is 9.59 Å². The minimum Gasteiger partial charge on any atom is -0.326 e. The average molecular weight is 353 g/mol. The van der Waals surface area contributed by atoms with Crippen LogP contribution in [0.15, 0.2) is 41.6 Å². The molecule has 3 aromatic rings. The second-order valence-electron chi connectivity index (χ2n) is 7.37. The Labute approximate surface area is 151 Å². The lowest BCUT2D eigenvalue weighted by Gasteiger charge is -2.19. The fourth-order valence-electron chi connectivity index (χ4n) is 2.72. The molecule has 0 radical (unpaired) electrons. The molecule has 0 aliphatic rings. The Morgan fingerprint density at radius 1 is 1.19 bits per heavy atom. The predicted molar refractivity (Wildman–Crippen MR) is 101 cm³/mol. The Bertz CT molecular complexity index is 993. The van der Waals surface area contributed by atoms with E-state index in [4.69, 9.17) is 0 Å². The van der Waals surface area contributed by atoms with Crippen molar-refractivity contribution in [2.45, 2.75) is 39.2 Å². The Hall–Kier alpha value is -2.96. The van der Waals surface area contributed by atoms with Gasteiger partial charge in [-0.1, -0.05) is 32.9 Å². The number of aromatic nitrogens is 4. The maximum absolute atomic E-state index is 12.4. The standard InChI is InChI=1S/C19H23N5O2/c1-19(2,3)13-5-7-14(8-6-13)22-16(25)9-10-24-12-20-17-15(18(24)26)11-21-23(17)4/h5-8,11-12H,9-10H2,1-4H3,(H,22,25). The van der Waals surface area contributed by atoms with Gasteiger partial charge in [0.1, 0.15) is 5.39 Å². The lowest BCUT2D eigenvalue weighted by molar-refractivity contribution is -0.116. The number of nitrogens with zero attached hydrogens (tertiary/aromatic N) is 4. The first-order valence-electron chi connectivity index (χ1n) is 8.53. The van der Waals surface area contributed by atoms with E-state index in [0.29, 0.717) is 11.0 Å². The van der Waals surface area contributed by atoms with Gasteiger partial charge in [-0.25, -0.2) is 4.98 Å². The monoisotopic (exact) mass is 353 g/mol. The number of amides is 1. The third-order valence-corrected chi connectivity index (χ3v) is 4.33. The molecule has 0 saturated carbocycles. The molecule has 0 aliphatic heterocycles. The van der Waals surface area contributed by atoms with Crippen molar-refractivity contribution >= 4 is 22.6 Å².